The third-order valence-electron chi connectivity index (χ3n) is 4.04. The Kier molecular flexibility index (Phi) is 2.98. The van der Waals surface area contributed by atoms with Crippen LogP contribution in [0.5, 0.6) is 0 Å². The molecule has 1 saturated carbocycles. The minimum atomic E-state index is 0.521. The highest BCUT2D eigenvalue weighted by atomic mass is 32.1. The van der Waals surface area contributed by atoms with Gasteiger partial charge in [-0.2, -0.15) is 0 Å². The fourth-order valence-corrected chi connectivity index (χ4v) is 3.89. The number of fused-ring (bicyclic) bond motifs is 1. The second-order valence-corrected chi connectivity index (χ2v) is 6.47. The third-order valence-corrected chi connectivity index (χ3v) is 5.15. The summed E-state index contributed by atoms with van der Waals surface area (Å²) in [6.07, 6.45) is 6.39. The van der Waals surface area contributed by atoms with E-state index >= 15 is 0 Å². The molecule has 1 aliphatic rings. The van der Waals surface area contributed by atoms with Crippen LogP contribution in [0.25, 0.3) is 10.2 Å². The number of hydrogen-bond acceptors (Lipinski definition) is 4. The zero-order valence-corrected chi connectivity index (χ0v) is 11.8. The molecule has 96 valence electrons. The van der Waals surface area contributed by atoms with Crippen molar-refractivity contribution >= 4 is 27.4 Å². The first-order valence-corrected chi connectivity index (χ1v) is 7.51. The van der Waals surface area contributed by atoms with Crippen molar-refractivity contribution in [1.29, 1.82) is 0 Å². The van der Waals surface area contributed by atoms with Crippen LogP contribution in [0.4, 0.5) is 5.82 Å². The molecule has 2 heterocycles. The first-order chi connectivity index (χ1) is 8.66. The quantitative estimate of drug-likeness (QED) is 0.846. The Morgan fingerprint density at radius 2 is 1.83 bits per heavy atom. The van der Waals surface area contributed by atoms with Crippen LogP contribution >= 0.6 is 11.3 Å². The van der Waals surface area contributed by atoms with Gasteiger partial charge in [0.25, 0.3) is 0 Å². The zero-order chi connectivity index (χ0) is 12.7. The SMILES string of the molecule is Cc1sc2nc(C3CCCCC3)nc(N)c2c1C. The molecule has 2 N–H and O–H groups in total. The molecule has 0 unspecified atom stereocenters. The summed E-state index contributed by atoms with van der Waals surface area (Å²) >= 11 is 1.74. The molecule has 2 aromatic heterocycles. The first-order valence-electron chi connectivity index (χ1n) is 6.70. The number of hydrogen-bond donors (Lipinski definition) is 1. The van der Waals surface area contributed by atoms with Crippen molar-refractivity contribution in [1.82, 2.24) is 9.97 Å². The van der Waals surface area contributed by atoms with Crippen LogP contribution in [0.3, 0.4) is 0 Å². The number of anilines is 1. The van der Waals surface area contributed by atoms with Gasteiger partial charge in [-0.05, 0) is 32.3 Å². The number of nitrogen functional groups attached to an aromatic ring is 1. The predicted molar refractivity (Wildman–Crippen MR) is 77.1 cm³/mol. The number of aryl methyl sites for hydroxylation is 2. The Labute approximate surface area is 111 Å². The van der Waals surface area contributed by atoms with E-state index in [1.165, 1.54) is 42.5 Å². The largest absolute Gasteiger partial charge is 0.383 e. The Bertz CT molecular complexity index is 582. The minimum Gasteiger partial charge on any atom is -0.383 e. The summed E-state index contributed by atoms with van der Waals surface area (Å²) in [6.45, 7) is 4.23. The summed E-state index contributed by atoms with van der Waals surface area (Å²) in [5.41, 5.74) is 7.37. The van der Waals surface area contributed by atoms with Crippen molar-refractivity contribution in [3.63, 3.8) is 0 Å². The smallest absolute Gasteiger partial charge is 0.136 e. The van der Waals surface area contributed by atoms with Crippen LogP contribution in [-0.2, 0) is 0 Å². The number of thiophene rings is 1. The molecule has 0 spiro atoms. The van der Waals surface area contributed by atoms with Crippen LogP contribution in [0.2, 0.25) is 0 Å². The molecular weight excluding hydrogens is 242 g/mol. The maximum Gasteiger partial charge on any atom is 0.136 e. The van der Waals surface area contributed by atoms with Gasteiger partial charge >= 0.3 is 0 Å². The molecule has 3 rings (SSSR count). The molecule has 18 heavy (non-hydrogen) atoms. The van der Waals surface area contributed by atoms with Gasteiger partial charge in [0.2, 0.25) is 0 Å². The minimum absolute atomic E-state index is 0.521. The number of nitrogens with two attached hydrogens (primary N) is 1. The lowest BCUT2D eigenvalue weighted by atomic mass is 9.88. The Morgan fingerprint density at radius 3 is 2.56 bits per heavy atom. The predicted octanol–water partition coefficient (Wildman–Crippen LogP) is 3.94. The molecule has 0 radical (unpaired) electrons. The zero-order valence-electron chi connectivity index (χ0n) is 11.0. The molecule has 1 aliphatic carbocycles. The summed E-state index contributed by atoms with van der Waals surface area (Å²) in [5.74, 6) is 2.16. The molecule has 2 aromatic rings. The van der Waals surface area contributed by atoms with Crippen LogP contribution in [0, 0.1) is 13.8 Å². The van der Waals surface area contributed by atoms with Crippen molar-refractivity contribution < 1.29 is 0 Å². The molecule has 3 nitrogen and oxygen atoms in total. The molecule has 0 bridgehead atoms. The second kappa shape index (κ2) is 4.50. The summed E-state index contributed by atoms with van der Waals surface area (Å²) in [7, 11) is 0. The first kappa shape index (κ1) is 11.9. The van der Waals surface area contributed by atoms with E-state index in [-0.39, 0.29) is 0 Å². The lowest BCUT2D eigenvalue weighted by molar-refractivity contribution is 0.430. The number of rotatable bonds is 1. The van der Waals surface area contributed by atoms with Gasteiger partial charge in [0, 0.05) is 10.8 Å². The molecule has 0 aromatic carbocycles. The van der Waals surface area contributed by atoms with Gasteiger partial charge in [-0.1, -0.05) is 19.3 Å². The van der Waals surface area contributed by atoms with E-state index in [2.05, 4.69) is 18.8 Å². The molecule has 0 saturated heterocycles. The number of aromatic nitrogens is 2. The second-order valence-electron chi connectivity index (χ2n) is 5.27. The average Bonchev–Trinajstić information content (AvgIpc) is 2.66. The van der Waals surface area contributed by atoms with Crippen molar-refractivity contribution in [2.75, 3.05) is 5.73 Å². The maximum atomic E-state index is 6.13. The molecule has 0 atom stereocenters. The van der Waals surface area contributed by atoms with E-state index in [1.807, 2.05) is 0 Å². The maximum absolute atomic E-state index is 6.13. The molecule has 0 amide bonds. The van der Waals surface area contributed by atoms with Gasteiger partial charge in [0.1, 0.15) is 16.5 Å². The van der Waals surface area contributed by atoms with Crippen LogP contribution in [-0.4, -0.2) is 9.97 Å². The van der Waals surface area contributed by atoms with Crippen molar-refractivity contribution in [3.05, 3.63) is 16.3 Å². The van der Waals surface area contributed by atoms with Crippen molar-refractivity contribution in [2.24, 2.45) is 0 Å². The summed E-state index contributed by atoms with van der Waals surface area (Å²) in [5, 5.41) is 1.07. The Morgan fingerprint density at radius 1 is 1.11 bits per heavy atom. The summed E-state index contributed by atoms with van der Waals surface area (Å²) < 4.78 is 0. The van der Waals surface area contributed by atoms with E-state index < -0.39 is 0 Å². The Hall–Kier alpha value is -1.16. The fraction of sp³-hybridized carbons (Fsp3) is 0.571. The standard InChI is InChI=1S/C14H19N3S/c1-8-9(2)18-14-11(8)12(15)16-13(17-14)10-6-4-3-5-7-10/h10H,3-7H2,1-2H3,(H2,15,16,17). The summed E-state index contributed by atoms with van der Waals surface area (Å²) in [4.78, 5) is 11.7. The summed E-state index contributed by atoms with van der Waals surface area (Å²) in [6, 6.07) is 0. The van der Waals surface area contributed by atoms with Crippen LogP contribution < -0.4 is 5.73 Å². The molecule has 4 heteroatoms. The average molecular weight is 261 g/mol. The molecule has 1 fully saturated rings. The van der Waals surface area contributed by atoms with Gasteiger partial charge in [0.15, 0.2) is 0 Å². The van der Waals surface area contributed by atoms with Gasteiger partial charge in [-0.3, -0.25) is 0 Å². The van der Waals surface area contributed by atoms with Crippen molar-refractivity contribution in [3.8, 4) is 0 Å². The third kappa shape index (κ3) is 1.88. The highest BCUT2D eigenvalue weighted by Gasteiger charge is 2.21. The van der Waals surface area contributed by atoms with Crippen LogP contribution in [0.15, 0.2) is 0 Å². The fourth-order valence-electron chi connectivity index (χ4n) is 2.84. The number of nitrogens with zero attached hydrogens (tertiary/aromatic N) is 2. The topological polar surface area (TPSA) is 51.8 Å². The van der Waals surface area contributed by atoms with E-state index in [1.54, 1.807) is 11.3 Å². The normalized spacial score (nSPS) is 17.4. The monoisotopic (exact) mass is 261 g/mol. The van der Waals surface area contributed by atoms with Crippen LogP contribution in [0.1, 0.15) is 54.3 Å². The lowest BCUT2D eigenvalue weighted by Gasteiger charge is -2.20. The molecular formula is C14H19N3S. The van der Waals surface area contributed by atoms with E-state index in [0.29, 0.717) is 11.7 Å². The van der Waals surface area contributed by atoms with E-state index in [9.17, 15) is 0 Å². The lowest BCUT2D eigenvalue weighted by Crippen LogP contribution is -2.10. The highest BCUT2D eigenvalue weighted by molar-refractivity contribution is 7.18. The highest BCUT2D eigenvalue weighted by Crippen LogP contribution is 2.36. The van der Waals surface area contributed by atoms with Gasteiger partial charge in [0.05, 0.1) is 5.39 Å². The van der Waals surface area contributed by atoms with Crippen molar-refractivity contribution in [2.45, 2.75) is 51.9 Å². The van der Waals surface area contributed by atoms with Gasteiger partial charge in [-0.15, -0.1) is 11.3 Å². The van der Waals surface area contributed by atoms with E-state index in [0.717, 1.165) is 16.0 Å². The van der Waals surface area contributed by atoms with Gasteiger partial charge in [-0.25, -0.2) is 9.97 Å². The van der Waals surface area contributed by atoms with Gasteiger partial charge < -0.3 is 5.73 Å². The Balaban J connectivity index is 2.09. The molecule has 0 aliphatic heterocycles. The van der Waals surface area contributed by atoms with E-state index in [4.69, 9.17) is 10.7 Å².